The third-order valence-corrected chi connectivity index (χ3v) is 1.98. The Balaban J connectivity index is 2.96. The van der Waals surface area contributed by atoms with Gasteiger partial charge in [-0.2, -0.15) is 0 Å². The van der Waals surface area contributed by atoms with E-state index >= 15 is 0 Å². The van der Waals surface area contributed by atoms with E-state index in [1.54, 1.807) is 18.2 Å². The minimum Gasteiger partial charge on any atom is -0.385 e. The van der Waals surface area contributed by atoms with Crippen LogP contribution in [0.15, 0.2) is 28.7 Å². The molecule has 0 aliphatic carbocycles. The van der Waals surface area contributed by atoms with Gasteiger partial charge in [0.25, 0.3) is 0 Å². The smallest absolute Gasteiger partial charge is 0.191 e. The summed E-state index contributed by atoms with van der Waals surface area (Å²) in [7, 11) is 0. The monoisotopic (exact) mass is 228 g/mol. The Morgan fingerprint density at radius 1 is 1.58 bits per heavy atom. The molecule has 64 valence electrons. The van der Waals surface area contributed by atoms with Gasteiger partial charge in [-0.05, 0) is 19.1 Å². The molecule has 0 aliphatic heterocycles. The summed E-state index contributed by atoms with van der Waals surface area (Å²) in [5.41, 5.74) is 0.527. The Morgan fingerprint density at radius 3 is 2.75 bits per heavy atom. The van der Waals surface area contributed by atoms with Crippen LogP contribution in [-0.4, -0.2) is 17.0 Å². The molecule has 0 radical (unpaired) electrons. The van der Waals surface area contributed by atoms with E-state index in [9.17, 15) is 4.79 Å². The highest BCUT2D eigenvalue weighted by Gasteiger charge is 2.11. The van der Waals surface area contributed by atoms with E-state index in [0.29, 0.717) is 5.56 Å². The van der Waals surface area contributed by atoms with Crippen molar-refractivity contribution in [1.29, 1.82) is 0 Å². The summed E-state index contributed by atoms with van der Waals surface area (Å²) in [6.07, 6.45) is -0.931. The lowest BCUT2D eigenvalue weighted by molar-refractivity contribution is 0.0779. The first kappa shape index (κ1) is 9.42. The van der Waals surface area contributed by atoms with Crippen molar-refractivity contribution < 1.29 is 9.90 Å². The lowest BCUT2D eigenvalue weighted by Gasteiger charge is -2.02. The molecular weight excluding hydrogens is 220 g/mol. The van der Waals surface area contributed by atoms with Crippen LogP contribution in [-0.2, 0) is 0 Å². The van der Waals surface area contributed by atoms with Crippen LogP contribution in [0.1, 0.15) is 17.3 Å². The van der Waals surface area contributed by atoms with Gasteiger partial charge in [-0.1, -0.05) is 28.1 Å². The maximum Gasteiger partial charge on any atom is 0.191 e. The zero-order chi connectivity index (χ0) is 9.14. The predicted molar refractivity (Wildman–Crippen MR) is 50.2 cm³/mol. The first-order valence-electron chi connectivity index (χ1n) is 3.59. The molecular formula is C9H9BrO2. The Morgan fingerprint density at radius 2 is 2.25 bits per heavy atom. The van der Waals surface area contributed by atoms with Crippen molar-refractivity contribution in [3.05, 3.63) is 34.3 Å². The fraction of sp³-hybridized carbons (Fsp3) is 0.222. The fourth-order valence-electron chi connectivity index (χ4n) is 0.883. The average molecular weight is 229 g/mol. The van der Waals surface area contributed by atoms with E-state index in [2.05, 4.69) is 15.9 Å². The van der Waals surface area contributed by atoms with Crippen LogP contribution in [0.3, 0.4) is 0 Å². The van der Waals surface area contributed by atoms with Gasteiger partial charge in [-0.3, -0.25) is 4.79 Å². The molecule has 0 heterocycles. The van der Waals surface area contributed by atoms with Gasteiger partial charge < -0.3 is 5.11 Å². The number of aliphatic hydroxyl groups is 1. The van der Waals surface area contributed by atoms with E-state index in [1.165, 1.54) is 6.92 Å². The molecule has 0 bridgehead atoms. The second kappa shape index (κ2) is 3.83. The van der Waals surface area contributed by atoms with Crippen molar-refractivity contribution in [2.75, 3.05) is 0 Å². The van der Waals surface area contributed by atoms with Gasteiger partial charge in [0.2, 0.25) is 0 Å². The summed E-state index contributed by atoms with van der Waals surface area (Å²) in [6, 6.07) is 6.97. The Labute approximate surface area is 79.3 Å². The second-order valence-electron chi connectivity index (χ2n) is 2.55. The summed E-state index contributed by atoms with van der Waals surface area (Å²) < 4.78 is 0.842. The van der Waals surface area contributed by atoms with Crippen molar-refractivity contribution in [3.63, 3.8) is 0 Å². The molecule has 3 heteroatoms. The number of halogens is 1. The summed E-state index contributed by atoms with van der Waals surface area (Å²) in [6.45, 7) is 1.46. The molecule has 0 aliphatic rings. The number of carbonyl (C=O) groups excluding carboxylic acids is 1. The number of aliphatic hydroxyl groups excluding tert-OH is 1. The highest BCUT2D eigenvalue weighted by Crippen LogP contribution is 2.12. The average Bonchev–Trinajstić information content (AvgIpc) is 2.03. The summed E-state index contributed by atoms with van der Waals surface area (Å²) in [5.74, 6) is -0.253. The zero-order valence-electron chi connectivity index (χ0n) is 6.62. The summed E-state index contributed by atoms with van der Waals surface area (Å²) in [4.78, 5) is 11.2. The topological polar surface area (TPSA) is 37.3 Å². The number of carbonyl (C=O) groups is 1. The van der Waals surface area contributed by atoms with Crippen LogP contribution in [0, 0.1) is 0 Å². The van der Waals surface area contributed by atoms with Crippen LogP contribution in [0.5, 0.6) is 0 Å². The molecule has 0 aromatic heterocycles. The van der Waals surface area contributed by atoms with Crippen LogP contribution >= 0.6 is 15.9 Å². The van der Waals surface area contributed by atoms with Crippen LogP contribution in [0.4, 0.5) is 0 Å². The van der Waals surface area contributed by atoms with Crippen LogP contribution < -0.4 is 0 Å². The molecule has 0 amide bonds. The van der Waals surface area contributed by atoms with Gasteiger partial charge in [0.1, 0.15) is 6.10 Å². The van der Waals surface area contributed by atoms with Crippen molar-refractivity contribution in [2.45, 2.75) is 13.0 Å². The van der Waals surface area contributed by atoms with Crippen molar-refractivity contribution >= 4 is 21.7 Å². The molecule has 0 fully saturated rings. The van der Waals surface area contributed by atoms with Gasteiger partial charge in [-0.15, -0.1) is 0 Å². The number of Topliss-reactive ketones (excluding diaryl/α,β-unsaturated/α-hetero) is 1. The van der Waals surface area contributed by atoms with Gasteiger partial charge in [0.15, 0.2) is 5.78 Å². The molecule has 1 aromatic carbocycles. The first-order valence-corrected chi connectivity index (χ1v) is 4.38. The number of benzene rings is 1. The molecule has 0 saturated heterocycles. The Bertz CT molecular complexity index is 294. The largest absolute Gasteiger partial charge is 0.385 e. The highest BCUT2D eigenvalue weighted by molar-refractivity contribution is 9.10. The molecule has 2 nitrogen and oxygen atoms in total. The third kappa shape index (κ3) is 2.16. The minimum atomic E-state index is -0.931. The maximum atomic E-state index is 11.2. The van der Waals surface area contributed by atoms with Crippen molar-refractivity contribution in [1.82, 2.24) is 0 Å². The number of rotatable bonds is 2. The number of hydrogen-bond donors (Lipinski definition) is 1. The van der Waals surface area contributed by atoms with Gasteiger partial charge in [0, 0.05) is 10.0 Å². The lowest BCUT2D eigenvalue weighted by Crippen LogP contribution is -2.15. The van der Waals surface area contributed by atoms with E-state index in [0.717, 1.165) is 4.47 Å². The Kier molecular flexibility index (Phi) is 3.00. The van der Waals surface area contributed by atoms with Crippen molar-refractivity contribution in [3.8, 4) is 0 Å². The second-order valence-corrected chi connectivity index (χ2v) is 3.47. The summed E-state index contributed by atoms with van der Waals surface area (Å²) in [5, 5.41) is 9.00. The SMILES string of the molecule is C[C@@H](O)C(=O)c1cccc(Br)c1. The minimum absolute atomic E-state index is 0.253. The molecule has 0 saturated carbocycles. The van der Waals surface area contributed by atoms with E-state index in [1.807, 2.05) is 6.07 Å². The lowest BCUT2D eigenvalue weighted by atomic mass is 10.1. The number of ketones is 1. The van der Waals surface area contributed by atoms with Gasteiger partial charge in [-0.25, -0.2) is 0 Å². The maximum absolute atomic E-state index is 11.2. The van der Waals surface area contributed by atoms with Gasteiger partial charge >= 0.3 is 0 Å². The van der Waals surface area contributed by atoms with E-state index in [4.69, 9.17) is 5.11 Å². The molecule has 1 atom stereocenters. The normalized spacial score (nSPS) is 12.6. The van der Waals surface area contributed by atoms with Crippen LogP contribution in [0.2, 0.25) is 0 Å². The van der Waals surface area contributed by atoms with Crippen LogP contribution in [0.25, 0.3) is 0 Å². The molecule has 1 aromatic rings. The molecule has 1 rings (SSSR count). The van der Waals surface area contributed by atoms with Crippen molar-refractivity contribution in [2.24, 2.45) is 0 Å². The van der Waals surface area contributed by atoms with E-state index < -0.39 is 6.10 Å². The summed E-state index contributed by atoms with van der Waals surface area (Å²) >= 11 is 3.25. The quantitative estimate of drug-likeness (QED) is 0.787. The highest BCUT2D eigenvalue weighted by atomic mass is 79.9. The third-order valence-electron chi connectivity index (χ3n) is 1.49. The molecule has 0 spiro atoms. The van der Waals surface area contributed by atoms with Gasteiger partial charge in [0.05, 0.1) is 0 Å². The standard InChI is InChI=1S/C9H9BrO2/c1-6(11)9(12)7-3-2-4-8(10)5-7/h2-6,11H,1H3/t6-/m1/s1. The predicted octanol–water partition coefficient (Wildman–Crippen LogP) is 2.01. The zero-order valence-corrected chi connectivity index (χ0v) is 8.21. The Hall–Kier alpha value is -0.670. The molecule has 12 heavy (non-hydrogen) atoms. The molecule has 0 unspecified atom stereocenters. The molecule has 1 N–H and O–H groups in total. The number of hydrogen-bond acceptors (Lipinski definition) is 2. The first-order chi connectivity index (χ1) is 5.61. The fourth-order valence-corrected chi connectivity index (χ4v) is 1.28. The van der Waals surface area contributed by atoms with E-state index in [-0.39, 0.29) is 5.78 Å².